The molecule has 4 heteroatoms. The van der Waals surface area contributed by atoms with Gasteiger partial charge in [-0.3, -0.25) is 4.68 Å². The van der Waals surface area contributed by atoms with E-state index in [1.807, 2.05) is 32.6 Å². The largest absolute Gasteiger partial charge is 0.331 e. The van der Waals surface area contributed by atoms with Gasteiger partial charge < -0.3 is 4.57 Å². The molecule has 0 atom stereocenters. The standard InChI is InChI=1S/C14H16N4/c1-9-7-14(18(4)16-9)11-5-6-13-12(8-11)15-10(2)17(13)3/h5-8H,1-4H3. The molecule has 2 aromatic heterocycles. The summed E-state index contributed by atoms with van der Waals surface area (Å²) in [4.78, 5) is 4.57. The Morgan fingerprint density at radius 2 is 1.83 bits per heavy atom. The lowest BCUT2D eigenvalue weighted by Crippen LogP contribution is -1.94. The van der Waals surface area contributed by atoms with E-state index in [1.165, 1.54) is 0 Å². The molecule has 0 aliphatic rings. The molecule has 92 valence electrons. The highest BCUT2D eigenvalue weighted by Crippen LogP contribution is 2.24. The lowest BCUT2D eigenvalue weighted by molar-refractivity contribution is 0.764. The van der Waals surface area contributed by atoms with E-state index >= 15 is 0 Å². The van der Waals surface area contributed by atoms with Crippen LogP contribution in [0.5, 0.6) is 0 Å². The number of aromatic nitrogens is 4. The molecule has 0 radical (unpaired) electrons. The number of fused-ring (bicyclic) bond motifs is 1. The molecule has 1 aromatic carbocycles. The highest BCUT2D eigenvalue weighted by Gasteiger charge is 2.09. The van der Waals surface area contributed by atoms with E-state index in [2.05, 4.69) is 38.9 Å². The first kappa shape index (κ1) is 11.0. The molecule has 3 rings (SSSR count). The fourth-order valence-electron chi connectivity index (χ4n) is 2.36. The number of benzene rings is 1. The Bertz CT molecular complexity index is 734. The van der Waals surface area contributed by atoms with E-state index in [0.717, 1.165) is 33.8 Å². The molecule has 3 aromatic rings. The predicted molar refractivity (Wildman–Crippen MR) is 72.4 cm³/mol. The molecule has 0 aliphatic heterocycles. The summed E-state index contributed by atoms with van der Waals surface area (Å²) in [6, 6.07) is 8.46. The average Bonchev–Trinajstić information content (AvgIpc) is 2.80. The van der Waals surface area contributed by atoms with Crippen molar-refractivity contribution < 1.29 is 0 Å². The van der Waals surface area contributed by atoms with Crippen molar-refractivity contribution in [1.82, 2.24) is 19.3 Å². The normalized spacial score (nSPS) is 11.3. The molecular weight excluding hydrogens is 224 g/mol. The minimum Gasteiger partial charge on any atom is -0.331 e. The quantitative estimate of drug-likeness (QED) is 0.655. The summed E-state index contributed by atoms with van der Waals surface area (Å²) < 4.78 is 4.01. The van der Waals surface area contributed by atoms with Crippen LogP contribution in [0.25, 0.3) is 22.3 Å². The monoisotopic (exact) mass is 240 g/mol. The lowest BCUT2D eigenvalue weighted by atomic mass is 10.1. The van der Waals surface area contributed by atoms with Crippen LogP contribution in [0, 0.1) is 13.8 Å². The summed E-state index contributed by atoms with van der Waals surface area (Å²) in [7, 11) is 4.01. The Kier molecular flexibility index (Phi) is 2.26. The third-order valence-electron chi connectivity index (χ3n) is 3.40. The van der Waals surface area contributed by atoms with Gasteiger partial charge in [-0.1, -0.05) is 6.07 Å². The molecule has 0 saturated heterocycles. The van der Waals surface area contributed by atoms with E-state index in [1.54, 1.807) is 0 Å². The molecule has 0 aliphatic carbocycles. The zero-order chi connectivity index (χ0) is 12.9. The van der Waals surface area contributed by atoms with Crippen LogP contribution in [0.2, 0.25) is 0 Å². The first-order chi connectivity index (χ1) is 8.56. The third-order valence-corrected chi connectivity index (χ3v) is 3.40. The number of hydrogen-bond acceptors (Lipinski definition) is 2. The van der Waals surface area contributed by atoms with Crippen LogP contribution in [0.4, 0.5) is 0 Å². The molecule has 4 nitrogen and oxygen atoms in total. The zero-order valence-electron chi connectivity index (χ0n) is 11.1. The van der Waals surface area contributed by atoms with Gasteiger partial charge in [0.2, 0.25) is 0 Å². The van der Waals surface area contributed by atoms with E-state index in [4.69, 9.17) is 0 Å². The highest BCUT2D eigenvalue weighted by atomic mass is 15.3. The van der Waals surface area contributed by atoms with E-state index < -0.39 is 0 Å². The number of rotatable bonds is 1. The minimum atomic E-state index is 1.03. The fraction of sp³-hybridized carbons (Fsp3) is 0.286. The molecule has 0 bridgehead atoms. The van der Waals surface area contributed by atoms with Gasteiger partial charge in [0.1, 0.15) is 5.82 Å². The van der Waals surface area contributed by atoms with Gasteiger partial charge >= 0.3 is 0 Å². The molecule has 0 amide bonds. The smallest absolute Gasteiger partial charge is 0.106 e. The molecule has 0 saturated carbocycles. The van der Waals surface area contributed by atoms with E-state index in [0.29, 0.717) is 0 Å². The second-order valence-electron chi connectivity index (χ2n) is 4.72. The van der Waals surface area contributed by atoms with Crippen molar-refractivity contribution in [3.63, 3.8) is 0 Å². The second kappa shape index (κ2) is 3.70. The number of nitrogens with zero attached hydrogens (tertiary/aromatic N) is 4. The van der Waals surface area contributed by atoms with Gasteiger partial charge in [-0.05, 0) is 32.0 Å². The van der Waals surface area contributed by atoms with Crippen molar-refractivity contribution in [2.45, 2.75) is 13.8 Å². The van der Waals surface area contributed by atoms with Crippen molar-refractivity contribution in [1.29, 1.82) is 0 Å². The summed E-state index contributed by atoms with van der Waals surface area (Å²) in [5, 5.41) is 4.38. The Labute approximate surface area is 106 Å². The highest BCUT2D eigenvalue weighted by molar-refractivity contribution is 5.81. The number of imidazole rings is 1. The maximum absolute atomic E-state index is 4.57. The first-order valence-electron chi connectivity index (χ1n) is 6.00. The van der Waals surface area contributed by atoms with Gasteiger partial charge in [0.15, 0.2) is 0 Å². The van der Waals surface area contributed by atoms with Gasteiger partial charge in [0, 0.05) is 19.7 Å². The Morgan fingerprint density at radius 1 is 1.06 bits per heavy atom. The van der Waals surface area contributed by atoms with Crippen LogP contribution in [0.15, 0.2) is 24.3 Å². The molecule has 18 heavy (non-hydrogen) atoms. The first-order valence-corrected chi connectivity index (χ1v) is 6.00. The van der Waals surface area contributed by atoms with Crippen LogP contribution in [0.1, 0.15) is 11.5 Å². The van der Waals surface area contributed by atoms with Crippen molar-refractivity contribution >= 4 is 11.0 Å². The lowest BCUT2D eigenvalue weighted by Gasteiger charge is -2.02. The number of hydrogen-bond donors (Lipinski definition) is 0. The Morgan fingerprint density at radius 3 is 2.50 bits per heavy atom. The van der Waals surface area contributed by atoms with Crippen molar-refractivity contribution in [2.24, 2.45) is 14.1 Å². The van der Waals surface area contributed by atoms with E-state index in [9.17, 15) is 0 Å². The van der Waals surface area contributed by atoms with Crippen molar-refractivity contribution in [2.75, 3.05) is 0 Å². The Balaban J connectivity index is 2.22. The summed E-state index contributed by atoms with van der Waals surface area (Å²) >= 11 is 0. The second-order valence-corrected chi connectivity index (χ2v) is 4.72. The topological polar surface area (TPSA) is 35.6 Å². The van der Waals surface area contributed by atoms with Gasteiger partial charge in [-0.25, -0.2) is 4.98 Å². The van der Waals surface area contributed by atoms with Crippen LogP contribution in [0.3, 0.4) is 0 Å². The van der Waals surface area contributed by atoms with Gasteiger partial charge in [-0.15, -0.1) is 0 Å². The molecule has 2 heterocycles. The van der Waals surface area contributed by atoms with Gasteiger partial charge in [-0.2, -0.15) is 5.10 Å². The maximum atomic E-state index is 4.57. The Hall–Kier alpha value is -2.10. The van der Waals surface area contributed by atoms with Crippen LogP contribution < -0.4 is 0 Å². The molecule has 0 spiro atoms. The SMILES string of the molecule is Cc1cc(-c2ccc3c(c2)nc(C)n3C)n(C)n1. The zero-order valence-corrected chi connectivity index (χ0v) is 11.1. The summed E-state index contributed by atoms with van der Waals surface area (Å²) in [5.74, 6) is 1.03. The maximum Gasteiger partial charge on any atom is 0.106 e. The summed E-state index contributed by atoms with van der Waals surface area (Å²) in [6.45, 7) is 4.03. The molecule has 0 unspecified atom stereocenters. The van der Waals surface area contributed by atoms with Gasteiger partial charge in [0.25, 0.3) is 0 Å². The molecule has 0 fully saturated rings. The molecule has 0 N–H and O–H groups in total. The summed E-state index contributed by atoms with van der Waals surface area (Å²) in [5.41, 5.74) is 5.51. The van der Waals surface area contributed by atoms with Crippen LogP contribution in [-0.2, 0) is 14.1 Å². The van der Waals surface area contributed by atoms with Crippen molar-refractivity contribution in [3.8, 4) is 11.3 Å². The fourth-order valence-corrected chi connectivity index (χ4v) is 2.36. The average molecular weight is 240 g/mol. The molecular formula is C14H16N4. The predicted octanol–water partition coefficient (Wildman–Crippen LogP) is 2.59. The van der Waals surface area contributed by atoms with Crippen LogP contribution >= 0.6 is 0 Å². The van der Waals surface area contributed by atoms with E-state index in [-0.39, 0.29) is 0 Å². The minimum absolute atomic E-state index is 1.03. The van der Waals surface area contributed by atoms with Crippen molar-refractivity contribution in [3.05, 3.63) is 35.8 Å². The third kappa shape index (κ3) is 1.53. The summed E-state index contributed by atoms with van der Waals surface area (Å²) in [6.07, 6.45) is 0. The van der Waals surface area contributed by atoms with Gasteiger partial charge in [0.05, 0.1) is 22.4 Å². The number of aryl methyl sites for hydroxylation is 4. The van der Waals surface area contributed by atoms with Crippen LogP contribution in [-0.4, -0.2) is 19.3 Å².